The molecule has 2 aliphatic heterocycles. The van der Waals surface area contributed by atoms with Crippen LogP contribution in [-0.2, 0) is 24.3 Å². The number of aliphatic hydroxyl groups is 1. The maximum Gasteiger partial charge on any atom is 0.327 e. The van der Waals surface area contributed by atoms with E-state index in [1.165, 1.54) is 0 Å². The Bertz CT molecular complexity index is 456. The molecule has 0 aromatic rings. The van der Waals surface area contributed by atoms with Crippen molar-refractivity contribution in [3.05, 3.63) is 0 Å². The molecule has 2 saturated heterocycles. The standard InChI is InChI=1S/C9H13Cl2NO6S/c10-8(11)5-1-2-6(18-5)19(15,16)12-7-4(13)3-17-9(7)14/h4-8,12-13H,1-3H2. The first-order chi connectivity index (χ1) is 8.81. The van der Waals surface area contributed by atoms with Crippen LogP contribution in [0.5, 0.6) is 0 Å². The van der Waals surface area contributed by atoms with E-state index >= 15 is 0 Å². The molecule has 0 radical (unpaired) electrons. The summed E-state index contributed by atoms with van der Waals surface area (Å²) in [6, 6.07) is -1.30. The lowest BCUT2D eigenvalue weighted by atomic mass is 10.2. The highest BCUT2D eigenvalue weighted by Gasteiger charge is 2.43. The van der Waals surface area contributed by atoms with Crippen molar-refractivity contribution in [2.45, 2.75) is 41.4 Å². The van der Waals surface area contributed by atoms with Crippen LogP contribution in [0.4, 0.5) is 0 Å². The third-order valence-corrected chi connectivity index (χ3v) is 5.15. The summed E-state index contributed by atoms with van der Waals surface area (Å²) in [6.07, 6.45) is -1.15. The van der Waals surface area contributed by atoms with Crippen LogP contribution in [0.2, 0.25) is 0 Å². The first-order valence-corrected chi connectivity index (χ1v) is 8.02. The minimum absolute atomic E-state index is 0.216. The molecular formula is C9H13Cl2NO6S. The number of rotatable bonds is 4. The van der Waals surface area contributed by atoms with E-state index in [0.29, 0.717) is 6.42 Å². The normalized spacial score (nSPS) is 35.9. The molecule has 0 aromatic carbocycles. The van der Waals surface area contributed by atoms with E-state index in [2.05, 4.69) is 9.46 Å². The maximum absolute atomic E-state index is 12.0. The topological polar surface area (TPSA) is 102 Å². The van der Waals surface area contributed by atoms with Crippen molar-refractivity contribution in [3.8, 4) is 0 Å². The lowest BCUT2D eigenvalue weighted by Crippen LogP contribution is -2.48. The molecule has 2 aliphatic rings. The van der Waals surface area contributed by atoms with Crippen LogP contribution >= 0.6 is 23.2 Å². The molecule has 0 aliphatic carbocycles. The third-order valence-electron chi connectivity index (χ3n) is 2.97. The summed E-state index contributed by atoms with van der Waals surface area (Å²) in [4.78, 5) is 10.4. The minimum Gasteiger partial charge on any atom is -0.462 e. The Hall–Kier alpha value is -0.120. The fraction of sp³-hybridized carbons (Fsp3) is 0.889. The SMILES string of the molecule is O=C1OCC(O)C1NS(=O)(=O)C1CCC(C(Cl)Cl)O1. The molecule has 110 valence electrons. The van der Waals surface area contributed by atoms with E-state index < -0.39 is 44.5 Å². The fourth-order valence-corrected chi connectivity index (χ4v) is 3.80. The molecule has 0 spiro atoms. The van der Waals surface area contributed by atoms with E-state index in [1.54, 1.807) is 0 Å². The van der Waals surface area contributed by atoms with E-state index in [4.69, 9.17) is 27.9 Å². The summed E-state index contributed by atoms with van der Waals surface area (Å²) in [5.74, 6) is -0.807. The smallest absolute Gasteiger partial charge is 0.327 e. The largest absolute Gasteiger partial charge is 0.462 e. The Balaban J connectivity index is 2.01. The number of halogens is 2. The van der Waals surface area contributed by atoms with Crippen molar-refractivity contribution >= 4 is 39.2 Å². The molecule has 4 unspecified atom stereocenters. The highest BCUT2D eigenvalue weighted by Crippen LogP contribution is 2.29. The minimum atomic E-state index is -3.93. The second-order valence-corrected chi connectivity index (χ2v) is 7.37. The molecule has 2 fully saturated rings. The Morgan fingerprint density at radius 3 is 2.53 bits per heavy atom. The van der Waals surface area contributed by atoms with Crippen LogP contribution in [-0.4, -0.2) is 54.6 Å². The summed E-state index contributed by atoms with van der Waals surface area (Å²) in [7, 11) is -3.93. The first-order valence-electron chi connectivity index (χ1n) is 5.60. The number of esters is 1. The predicted molar refractivity (Wildman–Crippen MR) is 66.2 cm³/mol. The molecule has 0 aromatic heterocycles. The van der Waals surface area contributed by atoms with E-state index in [-0.39, 0.29) is 13.0 Å². The Labute approximate surface area is 120 Å². The van der Waals surface area contributed by atoms with Crippen molar-refractivity contribution in [3.63, 3.8) is 0 Å². The predicted octanol–water partition coefficient (Wildman–Crippen LogP) is -0.499. The Morgan fingerprint density at radius 1 is 1.37 bits per heavy atom. The summed E-state index contributed by atoms with van der Waals surface area (Å²) in [5.41, 5.74) is -1.14. The van der Waals surface area contributed by atoms with Crippen LogP contribution in [0, 0.1) is 0 Å². The molecule has 0 amide bonds. The van der Waals surface area contributed by atoms with Gasteiger partial charge in [0.05, 0.1) is 6.10 Å². The van der Waals surface area contributed by atoms with Crippen LogP contribution < -0.4 is 4.72 Å². The molecule has 2 N–H and O–H groups in total. The molecule has 10 heteroatoms. The molecule has 19 heavy (non-hydrogen) atoms. The van der Waals surface area contributed by atoms with Crippen LogP contribution in [0.15, 0.2) is 0 Å². The molecule has 2 rings (SSSR count). The van der Waals surface area contributed by atoms with Crippen molar-refractivity contribution in [2.24, 2.45) is 0 Å². The van der Waals surface area contributed by atoms with Gasteiger partial charge in [0.15, 0.2) is 5.44 Å². The number of carbonyl (C=O) groups is 1. The number of aliphatic hydroxyl groups excluding tert-OH is 1. The van der Waals surface area contributed by atoms with Gasteiger partial charge in [-0.3, -0.25) is 4.79 Å². The first kappa shape index (κ1) is 15.3. The fourth-order valence-electron chi connectivity index (χ4n) is 1.94. The van der Waals surface area contributed by atoms with Crippen LogP contribution in [0.3, 0.4) is 0 Å². The van der Waals surface area contributed by atoms with Gasteiger partial charge in [-0.1, -0.05) is 0 Å². The third kappa shape index (κ3) is 3.32. The second kappa shape index (κ2) is 5.71. The number of cyclic esters (lactones) is 1. The van der Waals surface area contributed by atoms with Gasteiger partial charge in [-0.05, 0) is 12.8 Å². The number of carbonyl (C=O) groups excluding carboxylic acids is 1. The summed E-state index contributed by atoms with van der Waals surface area (Å²) < 4.78 is 35.9. The van der Waals surface area contributed by atoms with Gasteiger partial charge in [-0.15, -0.1) is 23.2 Å². The van der Waals surface area contributed by atoms with Gasteiger partial charge >= 0.3 is 5.97 Å². The molecule has 4 atom stereocenters. The Morgan fingerprint density at radius 2 is 2.05 bits per heavy atom. The lowest BCUT2D eigenvalue weighted by Gasteiger charge is -2.18. The number of sulfonamides is 1. The number of hydrogen-bond acceptors (Lipinski definition) is 6. The van der Waals surface area contributed by atoms with Gasteiger partial charge < -0.3 is 14.6 Å². The van der Waals surface area contributed by atoms with Crippen LogP contribution in [0.1, 0.15) is 12.8 Å². The zero-order valence-corrected chi connectivity index (χ0v) is 12.0. The van der Waals surface area contributed by atoms with Crippen LogP contribution in [0.25, 0.3) is 0 Å². The van der Waals surface area contributed by atoms with Gasteiger partial charge in [-0.2, -0.15) is 4.72 Å². The average molecular weight is 334 g/mol. The monoisotopic (exact) mass is 333 g/mol. The molecule has 0 bridgehead atoms. The quantitative estimate of drug-likeness (QED) is 0.531. The second-order valence-electron chi connectivity index (χ2n) is 4.35. The number of alkyl halides is 2. The number of hydrogen-bond donors (Lipinski definition) is 2. The van der Waals surface area contributed by atoms with Gasteiger partial charge in [0.25, 0.3) is 0 Å². The number of nitrogens with one attached hydrogen (secondary N) is 1. The van der Waals surface area contributed by atoms with Crippen molar-refractivity contribution in [1.29, 1.82) is 0 Å². The molecule has 0 saturated carbocycles. The van der Waals surface area contributed by atoms with E-state index in [9.17, 15) is 18.3 Å². The van der Waals surface area contributed by atoms with E-state index in [1.807, 2.05) is 0 Å². The molecule has 2 heterocycles. The zero-order chi connectivity index (χ0) is 14.2. The van der Waals surface area contributed by atoms with E-state index in [0.717, 1.165) is 0 Å². The van der Waals surface area contributed by atoms with Gasteiger partial charge in [-0.25, -0.2) is 8.42 Å². The lowest BCUT2D eigenvalue weighted by molar-refractivity contribution is -0.139. The van der Waals surface area contributed by atoms with Gasteiger partial charge in [0.1, 0.15) is 23.6 Å². The summed E-state index contributed by atoms with van der Waals surface area (Å²) in [6.45, 7) is -0.231. The zero-order valence-electron chi connectivity index (χ0n) is 9.66. The van der Waals surface area contributed by atoms with Crippen molar-refractivity contribution in [1.82, 2.24) is 4.72 Å². The van der Waals surface area contributed by atoms with Crippen molar-refractivity contribution in [2.75, 3.05) is 6.61 Å². The molecular weight excluding hydrogens is 321 g/mol. The van der Waals surface area contributed by atoms with Gasteiger partial charge in [0, 0.05) is 0 Å². The maximum atomic E-state index is 12.0. The summed E-state index contributed by atoms with van der Waals surface area (Å²) in [5, 5.41) is 9.45. The highest BCUT2D eigenvalue weighted by atomic mass is 35.5. The summed E-state index contributed by atoms with van der Waals surface area (Å²) >= 11 is 11.3. The number of ether oxygens (including phenoxy) is 2. The average Bonchev–Trinajstić information content (AvgIpc) is 2.92. The molecule has 7 nitrogen and oxygen atoms in total. The van der Waals surface area contributed by atoms with Gasteiger partial charge in [0.2, 0.25) is 10.0 Å². The highest BCUT2D eigenvalue weighted by molar-refractivity contribution is 7.90. The van der Waals surface area contributed by atoms with Crippen molar-refractivity contribution < 1.29 is 27.8 Å². The Kier molecular flexibility index (Phi) is 4.59.